The van der Waals surface area contributed by atoms with Crippen molar-refractivity contribution in [2.24, 2.45) is 28.2 Å². The lowest BCUT2D eigenvalue weighted by Crippen LogP contribution is -2.32. The Morgan fingerprint density at radius 3 is 1.12 bits per heavy atom. The number of hydrogen-bond donors (Lipinski definition) is 0. The lowest BCUT2D eigenvalue weighted by atomic mass is 9.80. The second kappa shape index (κ2) is 32.0. The molecule has 0 radical (unpaired) electrons. The van der Waals surface area contributed by atoms with Crippen molar-refractivity contribution < 1.29 is 115 Å². The highest BCUT2D eigenvalue weighted by molar-refractivity contribution is 6.20. The van der Waals surface area contributed by atoms with E-state index in [1.807, 2.05) is 37.3 Å². The fourth-order valence-electron chi connectivity index (χ4n) is 21.0. The Labute approximate surface area is 881 Å². The Hall–Kier alpha value is -13.7. The molecule has 10 heterocycles. The summed E-state index contributed by atoms with van der Waals surface area (Å²) in [5, 5.41) is 4.64. The van der Waals surface area contributed by atoms with E-state index in [-0.39, 0.29) is 106 Å². The summed E-state index contributed by atoms with van der Waals surface area (Å²) in [6, 6.07) is 51.3. The quantitative estimate of drug-likeness (QED) is 0.141. The minimum atomic E-state index is -3.48. The van der Waals surface area contributed by atoms with Crippen molar-refractivity contribution in [3.05, 3.63) is 343 Å². The zero-order valence-electron chi connectivity index (χ0n) is 133. The van der Waals surface area contributed by atoms with Crippen molar-refractivity contribution in [2.45, 2.75) is 210 Å². The van der Waals surface area contributed by atoms with Crippen LogP contribution in [0.25, 0.3) is 177 Å². The zero-order chi connectivity index (χ0) is 144. The maximum atomic E-state index is 8.91. The van der Waals surface area contributed by atoms with Crippen molar-refractivity contribution in [3.63, 3.8) is 0 Å². The minimum Gasteiger partial charge on any atom is -0.455 e. The molecule has 136 heavy (non-hydrogen) atoms. The number of rotatable bonds is 8. The van der Waals surface area contributed by atoms with Gasteiger partial charge >= 0.3 is 0 Å². The fourth-order valence-corrected chi connectivity index (χ4v) is 21.0. The standard InChI is InChI=1S/2C32H32NO.2C31H31N2O/c1-18(2)24-16-26(33(7)17-20(24)4)28-19(3)12-13-23-29-27(34-31(23)28)15-14-22-21-10-8-9-11-25(21)32(5,6)30(22)29;1-18(2)23-16-26(33(7)17-20(23)4)28-19(3)12-13-22-30-27(34-31(22)28)15-14-25-29(30)21-10-8-9-11-24(21)32(25,5)6;1-17(2)23-14-26(33(7)16-19(23)4)27-18(3)8-9-20-21-10-11-24-28(30(21)34-29(20)27)22-12-13-32-15-25(22)31(24,5)6;1-17(2)23-15-25(33(7)16-19(23)4)26-18(3)10-11-20-21-12-13-24-27(29(21)34-28(20)26)22-9-8-14-32-30(22)31(24,5)6/h2*8-18H,1-7H3;2*8-17H,1-7H3/q4*+1/i1D3,2D3,4D3,18D;1D3,2D3,4D3,5D3,6D3,18D;2*1D3,2D3,4D3,5D3,6D3,17D. The average Bonchev–Trinajstić information content (AvgIpc) is 1.43. The van der Waals surface area contributed by atoms with Gasteiger partial charge in [-0.25, -0.2) is 18.3 Å². The van der Waals surface area contributed by atoms with E-state index in [1.165, 1.54) is 112 Å². The third kappa shape index (κ3) is 13.3. The molecule has 4 aliphatic rings. The summed E-state index contributed by atoms with van der Waals surface area (Å²) in [6.45, 7) is -46.2. The Morgan fingerprint density at radius 1 is 0.301 bits per heavy atom. The SMILES string of the molecule is [2H]C([2H])([2H])c1c[n+](C)c(-c2c(C)ccc3c2oc2c4c(ccc23)C(C([2H])([2H])[2H])(C([2H])([2H])[2H])c2cnccc2-4)cc1C([2H])(C([2H])([2H])[2H])C([2H])([2H])[2H].[2H]C([2H])([2H])c1c[n+](C)c(-c2c(C)ccc3c2oc2c4c(ccc23)C(C([2H])([2H])[2H])(C([2H])([2H])[2H])c2ncccc2-4)cc1C([2H])(C([2H])([2H])[2H])C([2H])([2H])[2H].[2H]C([2H])([2H])c1c[n+](C)c(-c2c(C)ccc3c2oc2ccc4c(c23)-c2ccccc2C4(C([2H])([2H])[2H])C([2H])([2H])[2H])cc1C([2H])(C([2H])([2H])[2H])C([2H])([2H])[2H].[2H]C([2H])([2H])c1c[n+](C)c(-c2c(C)ccc3c2oc2ccc4c(c23)C(C)(C)c2ccccc2-4)cc1C([2H])(C([2H])([2H])[2H])C([2H])([2H])[2H]. The highest BCUT2D eigenvalue weighted by Gasteiger charge is 2.44. The number of nitrogens with zero attached hydrogens (tertiary/aromatic N) is 6. The van der Waals surface area contributed by atoms with E-state index < -0.39 is 208 Å². The van der Waals surface area contributed by atoms with Crippen LogP contribution in [0.4, 0.5) is 0 Å². The summed E-state index contributed by atoms with van der Waals surface area (Å²) in [5.74, 6) is -13.2. The molecule has 10 aromatic carbocycles. The summed E-state index contributed by atoms with van der Waals surface area (Å²) >= 11 is 0. The van der Waals surface area contributed by atoms with Crippen LogP contribution in [0.5, 0.6) is 0 Å². The molecule has 0 N–H and O–H groups in total. The monoisotopic (exact) mass is 1850 g/mol. The minimum absolute atomic E-state index is 0.00299. The fraction of sp³-hybridized carbons (Fsp3) is 0.286. The molecule has 0 aliphatic heterocycles. The molecule has 0 atom stereocenters. The van der Waals surface area contributed by atoms with Crippen molar-refractivity contribution >= 4 is 87.8 Å². The van der Waals surface area contributed by atoms with Crippen molar-refractivity contribution in [1.29, 1.82) is 0 Å². The van der Waals surface area contributed by atoms with E-state index in [1.54, 1.807) is 107 Å². The summed E-state index contributed by atoms with van der Waals surface area (Å²) in [7, 11) is 6.10. The van der Waals surface area contributed by atoms with Crippen LogP contribution in [-0.4, -0.2) is 9.97 Å². The molecule has 0 amide bonds. The van der Waals surface area contributed by atoms with Crippen LogP contribution in [0.2, 0.25) is 0 Å². The van der Waals surface area contributed by atoms with E-state index in [0.29, 0.717) is 105 Å². The third-order valence-corrected chi connectivity index (χ3v) is 27.5. The lowest BCUT2D eigenvalue weighted by Gasteiger charge is -2.22. The van der Waals surface area contributed by atoms with E-state index >= 15 is 0 Å². The highest BCUT2D eigenvalue weighted by atomic mass is 16.3. The van der Waals surface area contributed by atoms with Gasteiger partial charge in [0.25, 0.3) is 0 Å². The largest absolute Gasteiger partial charge is 0.455 e. The van der Waals surface area contributed by atoms with Crippen LogP contribution in [0.15, 0.2) is 249 Å². The molecule has 0 saturated carbocycles. The molecule has 10 nitrogen and oxygen atoms in total. The smallest absolute Gasteiger partial charge is 0.216 e. The third-order valence-electron chi connectivity index (χ3n) is 27.5. The number of hydrogen-bond acceptors (Lipinski definition) is 6. The molecule has 0 spiro atoms. The summed E-state index contributed by atoms with van der Waals surface area (Å²) in [4.78, 5) is 8.37. The number of fused-ring (bicyclic) bond motifs is 28. The van der Waals surface area contributed by atoms with Gasteiger partial charge in [0.2, 0.25) is 22.8 Å². The van der Waals surface area contributed by atoms with E-state index in [2.05, 4.69) is 42.0 Å². The van der Waals surface area contributed by atoms with E-state index in [9.17, 15) is 0 Å². The zero-order valence-corrected chi connectivity index (χ0v) is 75.3. The Kier molecular flexibility index (Phi) is 10.5. The predicted octanol–water partition coefficient (Wildman–Crippen LogP) is 31.3. The lowest BCUT2D eigenvalue weighted by molar-refractivity contribution is -0.660. The first-order valence-electron chi connectivity index (χ1n) is 72.6. The average molecular weight is 1850 g/mol. The molecule has 0 bridgehead atoms. The van der Waals surface area contributed by atoms with Crippen LogP contribution >= 0.6 is 0 Å². The summed E-state index contributed by atoms with van der Waals surface area (Å²) in [5.41, 5.74) is 0.933. The number of aryl methyl sites for hydroxylation is 12. The van der Waals surface area contributed by atoms with E-state index in [4.69, 9.17) is 97.2 Å². The molecule has 24 rings (SSSR count). The molecule has 0 saturated heterocycles. The molecular weight excluding hydrogens is 1660 g/mol. The molecule has 680 valence electrons. The van der Waals surface area contributed by atoms with Gasteiger partial charge in [-0.15, -0.1) is 0 Å². The Balaban J connectivity index is 0.000000143. The van der Waals surface area contributed by atoms with Gasteiger partial charge in [-0.1, -0.05) is 249 Å². The second-order valence-corrected chi connectivity index (χ2v) is 36.1. The first kappa shape index (κ1) is 44.9. The molecule has 4 aliphatic carbocycles. The van der Waals surface area contributed by atoms with E-state index in [0.717, 1.165) is 69.8 Å². The molecule has 10 heteroatoms. The highest BCUT2D eigenvalue weighted by Crippen LogP contribution is 2.59. The second-order valence-electron chi connectivity index (χ2n) is 36.1. The first-order valence-corrected chi connectivity index (χ1v) is 43.6. The van der Waals surface area contributed by atoms with Gasteiger partial charge in [0.05, 0.1) is 27.9 Å². The number of aromatic nitrogens is 6. The number of furan rings is 4. The van der Waals surface area contributed by atoms with Crippen LogP contribution in [0.1, 0.15) is 324 Å². The van der Waals surface area contributed by atoms with Crippen molar-refractivity contribution in [1.82, 2.24) is 9.97 Å². The summed E-state index contributed by atoms with van der Waals surface area (Å²) < 4.78 is 513. The van der Waals surface area contributed by atoms with Gasteiger partial charge in [0.1, 0.15) is 72.9 Å². The van der Waals surface area contributed by atoms with Crippen molar-refractivity contribution in [3.8, 4) is 89.5 Å². The maximum Gasteiger partial charge on any atom is 0.216 e. The summed E-state index contributed by atoms with van der Waals surface area (Å²) in [6.07, 6.45) is 8.52. The number of pyridine rings is 6. The number of benzene rings is 10. The van der Waals surface area contributed by atoms with Gasteiger partial charge in [-0.2, -0.15) is 0 Å². The molecule has 10 aromatic heterocycles. The van der Waals surface area contributed by atoms with Gasteiger partial charge in [-0.3, -0.25) is 9.97 Å². The van der Waals surface area contributed by atoms with Gasteiger partial charge < -0.3 is 17.7 Å². The van der Waals surface area contributed by atoms with Gasteiger partial charge in [-0.05, 0) is 214 Å². The molecule has 0 unspecified atom stereocenters. The first-order chi connectivity index (χ1) is 88.3. The topological polar surface area (TPSA) is 93.9 Å². The van der Waals surface area contributed by atoms with Crippen LogP contribution in [-0.2, 0) is 49.9 Å². The van der Waals surface area contributed by atoms with Crippen LogP contribution in [0, 0.1) is 55.1 Å². The Morgan fingerprint density at radius 2 is 0.662 bits per heavy atom. The van der Waals surface area contributed by atoms with Crippen LogP contribution in [0.3, 0.4) is 0 Å². The molecule has 20 aromatic rings. The maximum absolute atomic E-state index is 8.91. The van der Waals surface area contributed by atoms with Crippen molar-refractivity contribution in [2.75, 3.05) is 0 Å². The van der Waals surface area contributed by atoms with Crippen LogP contribution < -0.4 is 18.3 Å². The van der Waals surface area contributed by atoms with Gasteiger partial charge in [0, 0.05) is 226 Å². The molecule has 0 fully saturated rings. The van der Waals surface area contributed by atoms with Gasteiger partial charge in [0.15, 0.2) is 24.8 Å². The Bertz CT molecular complexity index is 10500. The molecular formula is C126H126N6O4+4. The predicted molar refractivity (Wildman–Crippen MR) is 561 cm³/mol. The normalized spacial score (nSPS) is 22.5.